The molecular formula is C22H21F3N4O2. The van der Waals surface area contributed by atoms with Crippen molar-refractivity contribution in [1.82, 2.24) is 14.5 Å². The molecule has 1 saturated heterocycles. The van der Waals surface area contributed by atoms with Crippen LogP contribution in [0.2, 0.25) is 0 Å². The molecule has 2 unspecified atom stereocenters. The predicted molar refractivity (Wildman–Crippen MR) is 109 cm³/mol. The maximum atomic E-state index is 14.4. The van der Waals surface area contributed by atoms with E-state index in [-0.39, 0.29) is 23.1 Å². The zero-order chi connectivity index (χ0) is 21.8. The summed E-state index contributed by atoms with van der Waals surface area (Å²) in [7, 11) is 1.67. The molecule has 9 heteroatoms. The van der Waals surface area contributed by atoms with E-state index in [9.17, 15) is 18.0 Å². The van der Waals surface area contributed by atoms with E-state index in [1.54, 1.807) is 7.05 Å². The Bertz CT molecular complexity index is 1230. The van der Waals surface area contributed by atoms with Crippen molar-refractivity contribution < 1.29 is 17.9 Å². The molecule has 1 aliphatic heterocycles. The van der Waals surface area contributed by atoms with E-state index in [0.29, 0.717) is 36.0 Å². The number of aryl methyl sites for hydroxylation is 1. The van der Waals surface area contributed by atoms with Crippen molar-refractivity contribution in [1.29, 1.82) is 0 Å². The van der Waals surface area contributed by atoms with Crippen LogP contribution in [0.25, 0.3) is 11.0 Å². The normalized spacial score (nSPS) is 22.5. The van der Waals surface area contributed by atoms with Crippen molar-refractivity contribution in [2.45, 2.75) is 31.2 Å². The third-order valence-corrected chi connectivity index (χ3v) is 6.57. The van der Waals surface area contributed by atoms with Crippen LogP contribution in [0.15, 0.2) is 35.4 Å². The number of nitrogens with zero attached hydrogens (tertiary/aromatic N) is 3. The van der Waals surface area contributed by atoms with Gasteiger partial charge in [-0.2, -0.15) is 0 Å². The second kappa shape index (κ2) is 7.33. The largest absolute Gasteiger partial charge is 0.381 e. The van der Waals surface area contributed by atoms with Gasteiger partial charge in [0.05, 0.1) is 17.6 Å². The number of pyridine rings is 1. The van der Waals surface area contributed by atoms with Gasteiger partial charge in [0, 0.05) is 36.7 Å². The number of aromatic nitrogens is 3. The van der Waals surface area contributed by atoms with Crippen LogP contribution < -0.4 is 10.9 Å². The molecule has 162 valence electrons. The number of ether oxygens (including phenoxy) is 1. The molecule has 3 heterocycles. The van der Waals surface area contributed by atoms with Crippen molar-refractivity contribution in [3.8, 4) is 0 Å². The molecule has 2 fully saturated rings. The fourth-order valence-corrected chi connectivity index (χ4v) is 4.70. The first-order valence-corrected chi connectivity index (χ1v) is 10.1. The van der Waals surface area contributed by atoms with E-state index in [1.165, 1.54) is 23.0 Å². The molecule has 0 spiro atoms. The van der Waals surface area contributed by atoms with Crippen LogP contribution in [-0.4, -0.2) is 27.7 Å². The maximum Gasteiger partial charge on any atom is 0.266 e. The van der Waals surface area contributed by atoms with Crippen LogP contribution in [0.3, 0.4) is 0 Å². The number of benzene rings is 1. The van der Waals surface area contributed by atoms with Gasteiger partial charge >= 0.3 is 0 Å². The number of fused-ring (bicyclic) bond motifs is 2. The van der Waals surface area contributed by atoms with Gasteiger partial charge in [0.2, 0.25) is 0 Å². The van der Waals surface area contributed by atoms with E-state index >= 15 is 0 Å². The predicted octanol–water partition coefficient (Wildman–Crippen LogP) is 3.70. The first kappa shape index (κ1) is 20.0. The van der Waals surface area contributed by atoms with Crippen LogP contribution in [0.4, 0.5) is 19.0 Å². The molecule has 0 amide bonds. The minimum atomic E-state index is -2.89. The van der Waals surface area contributed by atoms with Gasteiger partial charge < -0.3 is 10.1 Å². The van der Waals surface area contributed by atoms with Gasteiger partial charge in [-0.1, -0.05) is 18.2 Å². The second-order valence-corrected chi connectivity index (χ2v) is 8.24. The van der Waals surface area contributed by atoms with Crippen molar-refractivity contribution in [2.24, 2.45) is 13.0 Å². The zero-order valence-corrected chi connectivity index (χ0v) is 16.9. The molecule has 2 aromatic heterocycles. The summed E-state index contributed by atoms with van der Waals surface area (Å²) in [5.74, 6) is -0.179. The molecule has 1 aromatic carbocycles. The zero-order valence-electron chi connectivity index (χ0n) is 16.9. The molecule has 1 N–H and O–H groups in total. The van der Waals surface area contributed by atoms with E-state index in [0.717, 1.165) is 24.5 Å². The number of hydrogen-bond acceptors (Lipinski definition) is 5. The highest BCUT2D eigenvalue weighted by Crippen LogP contribution is 2.58. The topological polar surface area (TPSA) is 69.0 Å². The molecule has 5 rings (SSSR count). The minimum absolute atomic E-state index is 0.0295. The molecule has 31 heavy (non-hydrogen) atoms. The summed E-state index contributed by atoms with van der Waals surface area (Å²) in [6.45, 7) is 1.24. The third-order valence-electron chi connectivity index (χ3n) is 6.57. The standard InChI is InChI=1S/C22H21F3N4O2/c1-29-20-15(7-16(21(29)30)22-5-6-31-10-13(22)8-22)19(27-11-28-20)26-9-12-3-2-4-14(17(12)23)18(24)25/h2-4,7,11,13,18H,5-6,8-10H2,1H3,(H,26,27,28). The maximum absolute atomic E-state index is 14.4. The molecule has 3 aromatic rings. The van der Waals surface area contributed by atoms with Crippen LogP contribution in [0, 0.1) is 11.7 Å². The lowest BCUT2D eigenvalue weighted by Gasteiger charge is -2.23. The molecular weight excluding hydrogens is 409 g/mol. The van der Waals surface area contributed by atoms with Crippen molar-refractivity contribution in [2.75, 3.05) is 18.5 Å². The Morgan fingerprint density at radius 1 is 1.35 bits per heavy atom. The Morgan fingerprint density at radius 3 is 2.97 bits per heavy atom. The average molecular weight is 430 g/mol. The number of rotatable bonds is 5. The Morgan fingerprint density at radius 2 is 2.19 bits per heavy atom. The highest BCUT2D eigenvalue weighted by Gasteiger charge is 2.58. The summed E-state index contributed by atoms with van der Waals surface area (Å²) in [4.78, 5) is 21.6. The Balaban J connectivity index is 1.53. The second-order valence-electron chi connectivity index (χ2n) is 8.24. The molecule has 6 nitrogen and oxygen atoms in total. The first-order chi connectivity index (χ1) is 14.9. The summed E-state index contributed by atoms with van der Waals surface area (Å²) >= 11 is 0. The van der Waals surface area contributed by atoms with E-state index in [1.807, 2.05) is 6.07 Å². The number of alkyl halides is 2. The van der Waals surface area contributed by atoms with Crippen molar-refractivity contribution in [3.05, 3.63) is 63.5 Å². The Kier molecular flexibility index (Phi) is 4.73. The Labute approximate surface area is 176 Å². The molecule has 1 aliphatic carbocycles. The van der Waals surface area contributed by atoms with Gasteiger partial charge in [-0.3, -0.25) is 9.36 Å². The SMILES string of the molecule is Cn1c(=O)c(C23CCOCC2C3)cc2c(NCc3cccc(C(F)F)c3F)ncnc21. The molecule has 2 atom stereocenters. The first-order valence-electron chi connectivity index (χ1n) is 10.1. The lowest BCUT2D eigenvalue weighted by molar-refractivity contribution is 0.0799. The monoisotopic (exact) mass is 430 g/mol. The number of anilines is 1. The van der Waals surface area contributed by atoms with Gasteiger partial charge in [-0.25, -0.2) is 23.1 Å². The van der Waals surface area contributed by atoms with Gasteiger partial charge in [0.25, 0.3) is 12.0 Å². The van der Waals surface area contributed by atoms with Crippen molar-refractivity contribution in [3.63, 3.8) is 0 Å². The minimum Gasteiger partial charge on any atom is -0.381 e. The van der Waals surface area contributed by atoms with E-state index in [2.05, 4.69) is 15.3 Å². The highest BCUT2D eigenvalue weighted by atomic mass is 19.3. The lowest BCUT2D eigenvalue weighted by Crippen LogP contribution is -2.32. The highest BCUT2D eigenvalue weighted by molar-refractivity contribution is 5.87. The summed E-state index contributed by atoms with van der Waals surface area (Å²) in [6.07, 6.45) is 0.140. The van der Waals surface area contributed by atoms with E-state index < -0.39 is 17.8 Å². The lowest BCUT2D eigenvalue weighted by atomic mass is 9.89. The third kappa shape index (κ3) is 3.18. The molecule has 2 aliphatic rings. The summed E-state index contributed by atoms with van der Waals surface area (Å²) < 4.78 is 47.5. The van der Waals surface area contributed by atoms with Gasteiger partial charge in [-0.05, 0) is 24.8 Å². The fraction of sp³-hybridized carbons (Fsp3) is 0.409. The van der Waals surface area contributed by atoms with Crippen LogP contribution in [-0.2, 0) is 23.7 Å². The summed E-state index contributed by atoms with van der Waals surface area (Å²) in [6, 6.07) is 5.76. The van der Waals surface area contributed by atoms with Crippen LogP contribution in [0.1, 0.15) is 36.0 Å². The van der Waals surface area contributed by atoms with Gasteiger partial charge in [-0.15, -0.1) is 0 Å². The fourth-order valence-electron chi connectivity index (χ4n) is 4.70. The number of halogens is 3. The van der Waals surface area contributed by atoms with Crippen molar-refractivity contribution >= 4 is 16.9 Å². The number of nitrogens with one attached hydrogen (secondary N) is 1. The average Bonchev–Trinajstić information content (AvgIpc) is 3.51. The molecule has 0 bridgehead atoms. The quantitative estimate of drug-likeness (QED) is 0.669. The smallest absolute Gasteiger partial charge is 0.266 e. The molecule has 0 radical (unpaired) electrons. The van der Waals surface area contributed by atoms with Gasteiger partial charge in [0.15, 0.2) is 0 Å². The van der Waals surface area contributed by atoms with Gasteiger partial charge in [0.1, 0.15) is 23.6 Å². The summed E-state index contributed by atoms with van der Waals surface area (Å²) in [5, 5.41) is 3.67. The number of hydrogen-bond donors (Lipinski definition) is 1. The van der Waals surface area contributed by atoms with Crippen LogP contribution >= 0.6 is 0 Å². The Hall–Kier alpha value is -2.94. The summed E-state index contributed by atoms with van der Waals surface area (Å²) in [5.41, 5.74) is 0.395. The van der Waals surface area contributed by atoms with Crippen LogP contribution in [0.5, 0.6) is 0 Å². The van der Waals surface area contributed by atoms with E-state index in [4.69, 9.17) is 4.74 Å². The molecule has 1 saturated carbocycles.